The van der Waals surface area contributed by atoms with Gasteiger partial charge < -0.3 is 16.0 Å². The van der Waals surface area contributed by atoms with Crippen LogP contribution in [0.4, 0.5) is 4.79 Å². The van der Waals surface area contributed by atoms with Crippen molar-refractivity contribution in [2.24, 2.45) is 10.7 Å². The fourth-order valence-corrected chi connectivity index (χ4v) is 2.00. The van der Waals surface area contributed by atoms with Gasteiger partial charge in [0.15, 0.2) is 0 Å². The summed E-state index contributed by atoms with van der Waals surface area (Å²) in [5, 5.41) is 2.79. The monoisotopic (exact) mass is 238 g/mol. The third-order valence-corrected chi connectivity index (χ3v) is 3.01. The van der Waals surface area contributed by atoms with Crippen LogP contribution in [-0.2, 0) is 4.79 Å². The average Bonchev–Trinajstić information content (AvgIpc) is 3.05. The molecule has 0 aromatic carbocycles. The zero-order valence-electron chi connectivity index (χ0n) is 9.98. The highest BCUT2D eigenvalue weighted by Gasteiger charge is 2.43. The van der Waals surface area contributed by atoms with Gasteiger partial charge >= 0.3 is 6.03 Å². The van der Waals surface area contributed by atoms with E-state index in [1.165, 1.54) is 0 Å². The number of nitrogens with two attached hydrogens (primary N) is 1. The van der Waals surface area contributed by atoms with Gasteiger partial charge in [-0.25, -0.2) is 4.79 Å². The topological polar surface area (TPSA) is 87.8 Å². The van der Waals surface area contributed by atoms with Gasteiger partial charge in [0.05, 0.1) is 6.42 Å². The van der Waals surface area contributed by atoms with Crippen LogP contribution < -0.4 is 11.1 Å². The van der Waals surface area contributed by atoms with Crippen molar-refractivity contribution in [3.05, 3.63) is 0 Å². The van der Waals surface area contributed by atoms with Gasteiger partial charge in [-0.1, -0.05) is 6.92 Å². The molecular formula is C11H18N4O2. The third kappa shape index (κ3) is 2.57. The van der Waals surface area contributed by atoms with Gasteiger partial charge in [-0.3, -0.25) is 4.79 Å². The summed E-state index contributed by atoms with van der Waals surface area (Å²) in [6.07, 6.45) is 3.09. The molecule has 0 saturated heterocycles. The standard InChI is InChI=1S/C11H18N4O2/c1-2-5-13-9(16)6-8-10(12)14-11(17)15(8)7-3-4-7/h7-8H,2-6H2,1H3,(H,13,16)(H2,12,14,17). The summed E-state index contributed by atoms with van der Waals surface area (Å²) in [7, 11) is 0. The lowest BCUT2D eigenvalue weighted by Crippen LogP contribution is -2.45. The van der Waals surface area contributed by atoms with Gasteiger partial charge in [-0.15, -0.1) is 0 Å². The van der Waals surface area contributed by atoms with Crippen LogP contribution in [0.2, 0.25) is 0 Å². The molecule has 2 rings (SSSR count). The zero-order chi connectivity index (χ0) is 12.4. The maximum atomic E-state index is 11.6. The van der Waals surface area contributed by atoms with Gasteiger partial charge in [0.2, 0.25) is 5.91 Å². The first-order chi connectivity index (χ1) is 8.13. The third-order valence-electron chi connectivity index (χ3n) is 3.01. The molecule has 0 aromatic heterocycles. The Morgan fingerprint density at radius 1 is 1.59 bits per heavy atom. The van der Waals surface area contributed by atoms with Gasteiger partial charge in [0.25, 0.3) is 0 Å². The first-order valence-electron chi connectivity index (χ1n) is 6.06. The quantitative estimate of drug-likeness (QED) is 0.718. The Balaban J connectivity index is 1.95. The molecule has 0 radical (unpaired) electrons. The van der Waals surface area contributed by atoms with E-state index in [4.69, 9.17) is 5.73 Å². The number of aliphatic imine (C=N–C) groups is 1. The van der Waals surface area contributed by atoms with Crippen LogP contribution in [0.15, 0.2) is 4.99 Å². The highest BCUT2D eigenvalue weighted by molar-refractivity contribution is 6.04. The van der Waals surface area contributed by atoms with E-state index in [9.17, 15) is 9.59 Å². The molecule has 1 atom stereocenters. The highest BCUT2D eigenvalue weighted by atomic mass is 16.2. The summed E-state index contributed by atoms with van der Waals surface area (Å²) >= 11 is 0. The van der Waals surface area contributed by atoms with Gasteiger partial charge in [0, 0.05) is 12.6 Å². The van der Waals surface area contributed by atoms with Crippen LogP contribution in [0.5, 0.6) is 0 Å². The molecule has 1 fully saturated rings. The molecule has 3 N–H and O–H groups in total. The number of nitrogens with one attached hydrogen (secondary N) is 1. The second kappa shape index (κ2) is 4.73. The molecule has 17 heavy (non-hydrogen) atoms. The predicted octanol–water partition coefficient (Wildman–Crippen LogP) is 0.227. The number of carbonyl (C=O) groups excluding carboxylic acids is 2. The molecule has 1 aliphatic heterocycles. The zero-order valence-corrected chi connectivity index (χ0v) is 9.98. The van der Waals surface area contributed by atoms with Crippen LogP contribution in [0.3, 0.4) is 0 Å². The Labute approximate surface area is 100 Å². The Kier molecular flexibility index (Phi) is 3.31. The predicted molar refractivity (Wildman–Crippen MR) is 63.6 cm³/mol. The molecular weight excluding hydrogens is 220 g/mol. The number of urea groups is 1. The van der Waals surface area contributed by atoms with E-state index in [0.717, 1.165) is 19.3 Å². The summed E-state index contributed by atoms with van der Waals surface area (Å²) in [6, 6.07) is -0.401. The molecule has 1 heterocycles. The molecule has 2 aliphatic rings. The molecule has 1 aliphatic carbocycles. The minimum absolute atomic E-state index is 0.0737. The molecule has 1 unspecified atom stereocenters. The van der Waals surface area contributed by atoms with E-state index in [1.807, 2.05) is 6.92 Å². The average molecular weight is 238 g/mol. The number of amidine groups is 1. The minimum Gasteiger partial charge on any atom is -0.385 e. The first-order valence-corrected chi connectivity index (χ1v) is 6.06. The smallest absolute Gasteiger partial charge is 0.346 e. The largest absolute Gasteiger partial charge is 0.385 e. The maximum Gasteiger partial charge on any atom is 0.346 e. The van der Waals surface area contributed by atoms with E-state index < -0.39 is 0 Å². The normalized spacial score (nSPS) is 23.8. The van der Waals surface area contributed by atoms with Crippen molar-refractivity contribution in [3.8, 4) is 0 Å². The number of nitrogens with zero attached hydrogens (tertiary/aromatic N) is 2. The van der Waals surface area contributed by atoms with E-state index in [2.05, 4.69) is 10.3 Å². The van der Waals surface area contributed by atoms with Crippen LogP contribution in [0.25, 0.3) is 0 Å². The van der Waals surface area contributed by atoms with Crippen LogP contribution in [0, 0.1) is 0 Å². The lowest BCUT2D eigenvalue weighted by Gasteiger charge is -2.23. The fraction of sp³-hybridized carbons (Fsp3) is 0.727. The van der Waals surface area contributed by atoms with Gasteiger partial charge in [-0.2, -0.15) is 4.99 Å². The summed E-state index contributed by atoms with van der Waals surface area (Å²) in [6.45, 7) is 2.64. The number of carbonyl (C=O) groups is 2. The first kappa shape index (κ1) is 11.9. The summed E-state index contributed by atoms with van der Waals surface area (Å²) in [5.41, 5.74) is 5.71. The molecule has 0 bridgehead atoms. The van der Waals surface area contributed by atoms with Gasteiger partial charge in [-0.05, 0) is 19.3 Å². The summed E-state index contributed by atoms with van der Waals surface area (Å²) in [4.78, 5) is 28.6. The van der Waals surface area contributed by atoms with Crippen molar-refractivity contribution in [2.75, 3.05) is 6.54 Å². The second-order valence-corrected chi connectivity index (χ2v) is 4.53. The van der Waals surface area contributed by atoms with E-state index in [1.54, 1.807) is 4.90 Å². The number of rotatable bonds is 5. The lowest BCUT2D eigenvalue weighted by atomic mass is 10.1. The van der Waals surface area contributed by atoms with Crippen molar-refractivity contribution < 1.29 is 9.59 Å². The Bertz CT molecular complexity index is 362. The molecule has 1 saturated carbocycles. The second-order valence-electron chi connectivity index (χ2n) is 4.53. The van der Waals surface area contributed by atoms with Crippen molar-refractivity contribution in [1.29, 1.82) is 0 Å². The van der Waals surface area contributed by atoms with Crippen LogP contribution in [0.1, 0.15) is 32.6 Å². The molecule has 3 amide bonds. The van der Waals surface area contributed by atoms with Gasteiger partial charge in [0.1, 0.15) is 11.9 Å². The number of hydrogen-bond donors (Lipinski definition) is 2. The molecule has 0 spiro atoms. The Morgan fingerprint density at radius 2 is 2.29 bits per heavy atom. The Morgan fingerprint density at radius 3 is 2.88 bits per heavy atom. The fourth-order valence-electron chi connectivity index (χ4n) is 2.00. The summed E-state index contributed by atoms with van der Waals surface area (Å²) < 4.78 is 0. The van der Waals surface area contributed by atoms with Crippen molar-refractivity contribution >= 4 is 17.8 Å². The van der Waals surface area contributed by atoms with E-state index in [0.29, 0.717) is 6.54 Å². The van der Waals surface area contributed by atoms with E-state index >= 15 is 0 Å². The highest BCUT2D eigenvalue weighted by Crippen LogP contribution is 2.32. The number of amides is 3. The SMILES string of the molecule is CCCNC(=O)CC1C(N)=NC(=O)N1C1CC1. The van der Waals surface area contributed by atoms with Crippen molar-refractivity contribution in [2.45, 2.75) is 44.7 Å². The summed E-state index contributed by atoms with van der Waals surface area (Å²) in [5.74, 6) is 0.198. The minimum atomic E-state index is -0.341. The van der Waals surface area contributed by atoms with Crippen molar-refractivity contribution in [3.63, 3.8) is 0 Å². The number of hydrogen-bond acceptors (Lipinski definition) is 3. The molecule has 6 nitrogen and oxygen atoms in total. The molecule has 94 valence electrons. The maximum absolute atomic E-state index is 11.6. The Hall–Kier alpha value is -1.59. The van der Waals surface area contributed by atoms with Crippen LogP contribution in [-0.4, -0.2) is 41.3 Å². The van der Waals surface area contributed by atoms with Crippen LogP contribution >= 0.6 is 0 Å². The lowest BCUT2D eigenvalue weighted by molar-refractivity contribution is -0.121. The van der Waals surface area contributed by atoms with Crippen molar-refractivity contribution in [1.82, 2.24) is 10.2 Å². The molecule has 6 heteroatoms. The van der Waals surface area contributed by atoms with E-state index in [-0.39, 0.29) is 36.3 Å². The molecule has 0 aromatic rings.